The summed E-state index contributed by atoms with van der Waals surface area (Å²) in [6.07, 6.45) is 4.69. The minimum atomic E-state index is -0.572. The zero-order valence-corrected chi connectivity index (χ0v) is 33.3. The van der Waals surface area contributed by atoms with E-state index in [0.717, 1.165) is 46.5 Å². The molecule has 0 fully saturated rings. The molecule has 0 spiro atoms. The van der Waals surface area contributed by atoms with Crippen LogP contribution in [-0.2, 0) is 38.4 Å². The monoisotopic (exact) mass is 799 g/mol. The van der Waals surface area contributed by atoms with Crippen molar-refractivity contribution in [3.63, 3.8) is 0 Å². The van der Waals surface area contributed by atoms with Crippen LogP contribution in [0.3, 0.4) is 0 Å². The van der Waals surface area contributed by atoms with E-state index in [4.69, 9.17) is 9.47 Å². The Balaban J connectivity index is 0.000000205. The van der Waals surface area contributed by atoms with Gasteiger partial charge in [0.05, 0.1) is 25.6 Å². The molecule has 3 N–H and O–H groups in total. The molecule has 2 atom stereocenters. The van der Waals surface area contributed by atoms with Gasteiger partial charge in [-0.05, 0) is 28.8 Å². The van der Waals surface area contributed by atoms with Crippen LogP contribution >= 0.6 is 0 Å². The number of para-hydroxylation sites is 1. The summed E-state index contributed by atoms with van der Waals surface area (Å²) in [6, 6.07) is 47.4. The number of nitrogens with one attached hydrogen (secondary N) is 3. The van der Waals surface area contributed by atoms with Crippen LogP contribution in [0.1, 0.15) is 27.0 Å². The number of carbonyl (C=O) groups is 3. The number of aromatic nitrogens is 4. The number of methoxy groups -OCH3 is 2. The highest BCUT2D eigenvalue weighted by molar-refractivity contribution is 5.81. The van der Waals surface area contributed by atoms with Gasteiger partial charge in [0.25, 0.3) is 0 Å². The van der Waals surface area contributed by atoms with Gasteiger partial charge in [0.15, 0.2) is 0 Å². The summed E-state index contributed by atoms with van der Waals surface area (Å²) < 4.78 is 9.91. The average Bonchev–Trinajstić information content (AvgIpc) is 3.31. The van der Waals surface area contributed by atoms with Crippen molar-refractivity contribution in [3.05, 3.63) is 187 Å². The molecular formula is C48H45N7O5. The minimum Gasteiger partial charge on any atom is -0.467 e. The topological polar surface area (TPSA) is 157 Å². The quantitative estimate of drug-likeness (QED) is 0.0639. The molecule has 12 heteroatoms. The standard InChI is InChI=1S/C27H26N4O2.C21H19N3O3/c1-33-27(32)25(16-20-8-4-2-5-9-20)31-26-17-24(29-19-30-26)22-14-12-21(13-15-22)18-28-23-10-6-3-7-11-23;1-27-21(26)19(11-15-5-3-2-4-6-15)24-20-12-18(22-14-23-20)17-9-7-16(13-25)8-10-17/h2-15,17,19,25,28H,16,18H2,1H3,(H,29,30,31);2-10,12-14,19H,11H2,1H3,(H,22,23,24). The fourth-order valence-electron chi connectivity index (χ4n) is 6.20. The van der Waals surface area contributed by atoms with Crippen molar-refractivity contribution in [2.45, 2.75) is 31.5 Å². The number of rotatable bonds is 16. The van der Waals surface area contributed by atoms with Crippen molar-refractivity contribution in [3.8, 4) is 22.5 Å². The summed E-state index contributed by atoms with van der Waals surface area (Å²) in [5.74, 6) is 0.385. The van der Waals surface area contributed by atoms with Gasteiger partial charge in [-0.3, -0.25) is 4.79 Å². The van der Waals surface area contributed by atoms with Crippen LogP contribution in [0, 0.1) is 0 Å². The van der Waals surface area contributed by atoms with Gasteiger partial charge in [-0.2, -0.15) is 0 Å². The predicted molar refractivity (Wildman–Crippen MR) is 233 cm³/mol. The van der Waals surface area contributed by atoms with Crippen LogP contribution in [0.15, 0.2) is 164 Å². The lowest BCUT2D eigenvalue weighted by Gasteiger charge is -2.17. The largest absolute Gasteiger partial charge is 0.467 e. The van der Waals surface area contributed by atoms with E-state index in [0.29, 0.717) is 35.7 Å². The molecule has 0 aliphatic rings. The molecule has 2 heterocycles. The molecule has 302 valence electrons. The Morgan fingerprint density at radius 3 is 1.42 bits per heavy atom. The number of carbonyl (C=O) groups excluding carboxylic acids is 3. The number of hydrogen-bond donors (Lipinski definition) is 3. The summed E-state index contributed by atoms with van der Waals surface area (Å²) in [4.78, 5) is 52.5. The third-order valence-electron chi connectivity index (χ3n) is 9.38. The molecule has 0 aliphatic heterocycles. The molecule has 2 aromatic heterocycles. The molecule has 0 saturated carbocycles. The number of aldehydes is 1. The molecule has 0 radical (unpaired) electrons. The molecule has 2 unspecified atom stereocenters. The molecular weight excluding hydrogens is 755 g/mol. The molecule has 5 aromatic carbocycles. The second-order valence-corrected chi connectivity index (χ2v) is 13.6. The minimum absolute atomic E-state index is 0.339. The van der Waals surface area contributed by atoms with Crippen molar-refractivity contribution in [2.24, 2.45) is 0 Å². The van der Waals surface area contributed by atoms with Crippen LogP contribution in [-0.4, -0.2) is 64.5 Å². The maximum Gasteiger partial charge on any atom is 0.328 e. The SMILES string of the molecule is COC(=O)C(Cc1ccccc1)Nc1cc(-c2ccc(C=O)cc2)ncn1.COC(=O)C(Cc1ccccc1)Nc1cc(-c2ccc(CNc3ccccc3)cc2)ncn1. The van der Waals surface area contributed by atoms with Crippen molar-refractivity contribution in [1.82, 2.24) is 19.9 Å². The van der Waals surface area contributed by atoms with Crippen LogP contribution in [0.5, 0.6) is 0 Å². The lowest BCUT2D eigenvalue weighted by atomic mass is 10.1. The summed E-state index contributed by atoms with van der Waals surface area (Å²) >= 11 is 0. The van der Waals surface area contributed by atoms with Gasteiger partial charge in [0, 0.05) is 53.9 Å². The summed E-state index contributed by atoms with van der Waals surface area (Å²) in [6.45, 7) is 0.737. The van der Waals surface area contributed by atoms with Gasteiger partial charge >= 0.3 is 11.9 Å². The number of anilines is 3. The van der Waals surface area contributed by atoms with E-state index in [1.54, 1.807) is 18.2 Å². The van der Waals surface area contributed by atoms with Gasteiger partial charge in [-0.15, -0.1) is 0 Å². The molecule has 60 heavy (non-hydrogen) atoms. The zero-order valence-electron chi connectivity index (χ0n) is 33.3. The van der Waals surface area contributed by atoms with E-state index < -0.39 is 12.1 Å². The van der Waals surface area contributed by atoms with Crippen LogP contribution in [0.4, 0.5) is 17.3 Å². The average molecular weight is 800 g/mol. The number of benzene rings is 5. The van der Waals surface area contributed by atoms with E-state index >= 15 is 0 Å². The van der Waals surface area contributed by atoms with E-state index in [1.807, 2.05) is 121 Å². The summed E-state index contributed by atoms with van der Waals surface area (Å²) in [5.41, 5.74) is 8.19. The fraction of sp³-hybridized carbons (Fsp3) is 0.146. The Morgan fingerprint density at radius 1 is 0.550 bits per heavy atom. The van der Waals surface area contributed by atoms with Gasteiger partial charge < -0.3 is 25.4 Å². The third kappa shape index (κ3) is 12.4. The second-order valence-electron chi connectivity index (χ2n) is 13.6. The molecule has 7 aromatic rings. The Labute approximate surface area is 349 Å². The van der Waals surface area contributed by atoms with Crippen molar-refractivity contribution < 1.29 is 23.9 Å². The summed E-state index contributed by atoms with van der Waals surface area (Å²) in [5, 5.41) is 9.74. The molecule has 7 rings (SSSR count). The molecule has 0 aliphatic carbocycles. The number of ether oxygens (including phenoxy) is 2. The zero-order chi connectivity index (χ0) is 41.9. The van der Waals surface area contributed by atoms with Gasteiger partial charge in [0.1, 0.15) is 42.7 Å². The first-order valence-corrected chi connectivity index (χ1v) is 19.2. The van der Waals surface area contributed by atoms with Crippen molar-refractivity contribution in [1.29, 1.82) is 0 Å². The summed E-state index contributed by atoms with van der Waals surface area (Å²) in [7, 11) is 2.75. The molecule has 0 amide bonds. The molecule has 0 bridgehead atoms. The maximum atomic E-state index is 12.3. The lowest BCUT2D eigenvalue weighted by Crippen LogP contribution is -2.33. The Hall–Kier alpha value is -7.73. The maximum absolute atomic E-state index is 12.3. The highest BCUT2D eigenvalue weighted by Crippen LogP contribution is 2.22. The number of hydrogen-bond acceptors (Lipinski definition) is 12. The van der Waals surface area contributed by atoms with E-state index in [2.05, 4.69) is 48.0 Å². The number of esters is 2. The van der Waals surface area contributed by atoms with Gasteiger partial charge in [-0.1, -0.05) is 127 Å². The van der Waals surface area contributed by atoms with Crippen molar-refractivity contribution >= 4 is 35.5 Å². The van der Waals surface area contributed by atoms with E-state index in [9.17, 15) is 14.4 Å². The smallest absolute Gasteiger partial charge is 0.328 e. The Morgan fingerprint density at radius 2 is 0.983 bits per heavy atom. The fourth-order valence-corrected chi connectivity index (χ4v) is 6.20. The first-order chi connectivity index (χ1) is 29.4. The second kappa shape index (κ2) is 21.7. The molecule has 12 nitrogen and oxygen atoms in total. The third-order valence-corrected chi connectivity index (χ3v) is 9.38. The first kappa shape index (κ1) is 41.9. The normalized spacial score (nSPS) is 11.4. The number of nitrogens with zero attached hydrogens (tertiary/aromatic N) is 4. The van der Waals surface area contributed by atoms with Crippen LogP contribution < -0.4 is 16.0 Å². The molecule has 0 saturated heterocycles. The predicted octanol–water partition coefficient (Wildman–Crippen LogP) is 8.10. The van der Waals surface area contributed by atoms with Gasteiger partial charge in [0.2, 0.25) is 0 Å². The van der Waals surface area contributed by atoms with E-state index in [-0.39, 0.29) is 11.9 Å². The highest BCUT2D eigenvalue weighted by Gasteiger charge is 2.22. The Bertz CT molecular complexity index is 2420. The Kier molecular flexibility index (Phi) is 15.2. The first-order valence-electron chi connectivity index (χ1n) is 19.2. The van der Waals surface area contributed by atoms with Crippen LogP contribution in [0.25, 0.3) is 22.5 Å². The van der Waals surface area contributed by atoms with Crippen molar-refractivity contribution in [2.75, 3.05) is 30.2 Å². The highest BCUT2D eigenvalue weighted by atomic mass is 16.5. The van der Waals surface area contributed by atoms with E-state index in [1.165, 1.54) is 32.4 Å². The van der Waals surface area contributed by atoms with Crippen LogP contribution in [0.2, 0.25) is 0 Å². The lowest BCUT2D eigenvalue weighted by molar-refractivity contribution is -0.142. The van der Waals surface area contributed by atoms with Gasteiger partial charge in [-0.25, -0.2) is 29.5 Å².